The number of nitrogens with two attached hydrogens (primary N) is 2. The molecule has 6 N–H and O–H groups in total. The van der Waals surface area contributed by atoms with Gasteiger partial charge in [-0.05, 0) is 18.6 Å². The third-order valence-corrected chi connectivity index (χ3v) is 5.09. The van der Waals surface area contributed by atoms with Gasteiger partial charge in [0, 0.05) is 6.20 Å². The van der Waals surface area contributed by atoms with Gasteiger partial charge >= 0.3 is 0 Å². The molecule has 0 amide bonds. The standard InChI is InChI=1S/C19H17ClN10O/c1-2-12(26-16-13(20)15(22)28-19(23)29-16)17-27-14-9(6-21)4-3-5-11(14)18(31)30(17)10-7-24-25-8-10/h3-5,7-8,12H,2H2,1H3,(H,24,25)(H5,22,23,26,28,29)/t12-/m0/s1. The van der Waals surface area contributed by atoms with Gasteiger partial charge in [0.15, 0.2) is 5.82 Å². The first kappa shape index (κ1) is 20.1. The molecule has 4 aromatic rings. The number of fused-ring (bicyclic) bond motifs is 1. The van der Waals surface area contributed by atoms with E-state index in [2.05, 4.69) is 31.6 Å². The maximum Gasteiger partial charge on any atom is 0.266 e. The van der Waals surface area contributed by atoms with Crippen molar-refractivity contribution in [3.63, 3.8) is 0 Å². The number of aromatic nitrogens is 6. The number of nitrogen functional groups attached to an aromatic ring is 2. The largest absolute Gasteiger partial charge is 0.382 e. The van der Waals surface area contributed by atoms with E-state index >= 15 is 0 Å². The molecule has 0 saturated heterocycles. The lowest BCUT2D eigenvalue weighted by Crippen LogP contribution is -2.28. The van der Waals surface area contributed by atoms with E-state index in [9.17, 15) is 10.1 Å². The second kappa shape index (κ2) is 7.92. The molecule has 0 saturated carbocycles. The SMILES string of the molecule is CC[C@H](Nc1nc(N)nc(N)c1Cl)c1nc2c(C#N)cccc2c(=O)n1-c1cn[nH]c1. The Labute approximate surface area is 180 Å². The molecule has 31 heavy (non-hydrogen) atoms. The quantitative estimate of drug-likeness (QED) is 0.364. The van der Waals surface area contributed by atoms with Crippen LogP contribution >= 0.6 is 11.6 Å². The molecule has 0 bridgehead atoms. The molecular weight excluding hydrogens is 420 g/mol. The Morgan fingerprint density at radius 1 is 1.32 bits per heavy atom. The van der Waals surface area contributed by atoms with Crippen molar-refractivity contribution in [1.29, 1.82) is 5.26 Å². The van der Waals surface area contributed by atoms with Gasteiger partial charge in [-0.15, -0.1) is 0 Å². The van der Waals surface area contributed by atoms with Gasteiger partial charge in [0.1, 0.15) is 22.7 Å². The van der Waals surface area contributed by atoms with E-state index < -0.39 is 6.04 Å². The van der Waals surface area contributed by atoms with E-state index in [1.807, 2.05) is 6.92 Å². The molecule has 1 atom stereocenters. The van der Waals surface area contributed by atoms with Crippen molar-refractivity contribution in [3.8, 4) is 11.8 Å². The van der Waals surface area contributed by atoms with Crippen LogP contribution in [0.3, 0.4) is 0 Å². The highest BCUT2D eigenvalue weighted by atomic mass is 35.5. The maximum atomic E-state index is 13.4. The van der Waals surface area contributed by atoms with Crippen LogP contribution in [0.4, 0.5) is 17.6 Å². The highest BCUT2D eigenvalue weighted by Crippen LogP contribution is 2.30. The Morgan fingerprint density at radius 2 is 2.13 bits per heavy atom. The Kier molecular flexibility index (Phi) is 5.14. The predicted molar refractivity (Wildman–Crippen MR) is 117 cm³/mol. The number of anilines is 3. The van der Waals surface area contributed by atoms with E-state index in [1.54, 1.807) is 24.4 Å². The number of hydrogen-bond acceptors (Lipinski definition) is 9. The Hall–Kier alpha value is -4.17. The summed E-state index contributed by atoms with van der Waals surface area (Å²) in [7, 11) is 0. The van der Waals surface area contributed by atoms with E-state index in [4.69, 9.17) is 28.1 Å². The van der Waals surface area contributed by atoms with Crippen molar-refractivity contribution in [2.45, 2.75) is 19.4 Å². The molecule has 3 heterocycles. The van der Waals surface area contributed by atoms with Crippen LogP contribution in [0.1, 0.15) is 30.8 Å². The van der Waals surface area contributed by atoms with Gasteiger partial charge in [-0.3, -0.25) is 14.5 Å². The average molecular weight is 437 g/mol. The summed E-state index contributed by atoms with van der Waals surface area (Å²) in [5.74, 6) is 0.526. The van der Waals surface area contributed by atoms with Crippen molar-refractivity contribution in [1.82, 2.24) is 29.7 Å². The molecule has 0 aliphatic carbocycles. The van der Waals surface area contributed by atoms with Crippen molar-refractivity contribution in [2.24, 2.45) is 0 Å². The zero-order valence-electron chi connectivity index (χ0n) is 16.3. The third kappa shape index (κ3) is 3.49. The first-order valence-electron chi connectivity index (χ1n) is 9.24. The molecule has 0 fully saturated rings. The molecule has 1 aromatic carbocycles. The smallest absolute Gasteiger partial charge is 0.266 e. The van der Waals surface area contributed by atoms with E-state index in [0.29, 0.717) is 34.4 Å². The van der Waals surface area contributed by atoms with Crippen molar-refractivity contribution < 1.29 is 0 Å². The number of hydrogen-bond donors (Lipinski definition) is 4. The topological polar surface area (TPSA) is 177 Å². The van der Waals surface area contributed by atoms with Crippen LogP contribution in [0.15, 0.2) is 35.4 Å². The molecule has 0 spiro atoms. The normalized spacial score (nSPS) is 11.9. The van der Waals surface area contributed by atoms with Gasteiger partial charge in [0.05, 0.1) is 34.4 Å². The van der Waals surface area contributed by atoms with Crippen LogP contribution in [-0.4, -0.2) is 29.7 Å². The fourth-order valence-corrected chi connectivity index (χ4v) is 3.40. The number of nitriles is 1. The lowest BCUT2D eigenvalue weighted by atomic mass is 10.1. The average Bonchev–Trinajstić information content (AvgIpc) is 3.29. The van der Waals surface area contributed by atoms with E-state index in [0.717, 1.165) is 0 Å². The van der Waals surface area contributed by atoms with Crippen molar-refractivity contribution >= 4 is 40.1 Å². The van der Waals surface area contributed by atoms with Gasteiger partial charge in [0.2, 0.25) is 5.95 Å². The minimum absolute atomic E-state index is 0.0250. The van der Waals surface area contributed by atoms with Crippen molar-refractivity contribution in [3.05, 3.63) is 57.4 Å². The minimum Gasteiger partial charge on any atom is -0.382 e. The fourth-order valence-electron chi connectivity index (χ4n) is 3.26. The van der Waals surface area contributed by atoms with Gasteiger partial charge in [0.25, 0.3) is 5.56 Å². The third-order valence-electron chi connectivity index (χ3n) is 4.71. The summed E-state index contributed by atoms with van der Waals surface area (Å²) in [5, 5.41) is 19.7. The molecule has 12 heteroatoms. The van der Waals surface area contributed by atoms with Gasteiger partial charge in [-0.2, -0.15) is 20.3 Å². The Morgan fingerprint density at radius 3 is 2.81 bits per heavy atom. The number of aromatic amines is 1. The molecule has 0 aliphatic heterocycles. The van der Waals surface area contributed by atoms with Crippen molar-refractivity contribution in [2.75, 3.05) is 16.8 Å². The summed E-state index contributed by atoms with van der Waals surface area (Å²) >= 11 is 6.25. The molecule has 4 rings (SSSR count). The van der Waals surface area contributed by atoms with E-state index in [1.165, 1.54) is 10.8 Å². The molecule has 0 radical (unpaired) electrons. The number of H-pyrrole nitrogens is 1. The first-order valence-corrected chi connectivity index (χ1v) is 9.62. The second-order valence-electron chi connectivity index (χ2n) is 6.62. The molecule has 11 nitrogen and oxygen atoms in total. The lowest BCUT2D eigenvalue weighted by Gasteiger charge is -2.22. The number of rotatable bonds is 5. The maximum absolute atomic E-state index is 13.4. The zero-order valence-corrected chi connectivity index (χ0v) is 17.1. The molecular formula is C19H17ClN10O. The predicted octanol–water partition coefficient (Wildman–Crippen LogP) is 2.15. The summed E-state index contributed by atoms with van der Waals surface area (Å²) in [4.78, 5) is 26.1. The lowest BCUT2D eigenvalue weighted by molar-refractivity contribution is 0.658. The summed E-state index contributed by atoms with van der Waals surface area (Å²) in [6.07, 6.45) is 3.57. The number of benzene rings is 1. The van der Waals surface area contributed by atoms with E-state index in [-0.39, 0.29) is 28.2 Å². The molecule has 156 valence electrons. The van der Waals surface area contributed by atoms with Gasteiger partial charge < -0.3 is 16.8 Å². The molecule has 0 aliphatic rings. The Bertz CT molecular complexity index is 1370. The highest BCUT2D eigenvalue weighted by Gasteiger charge is 2.23. The fraction of sp³-hybridized carbons (Fsp3) is 0.158. The summed E-state index contributed by atoms with van der Waals surface area (Å²) in [5.41, 5.74) is 12.2. The number of nitrogens with zero attached hydrogens (tertiary/aromatic N) is 6. The summed E-state index contributed by atoms with van der Waals surface area (Å²) in [6.45, 7) is 1.89. The number of nitrogens with one attached hydrogen (secondary N) is 2. The Balaban J connectivity index is 1.97. The summed E-state index contributed by atoms with van der Waals surface area (Å²) < 4.78 is 1.43. The second-order valence-corrected chi connectivity index (χ2v) is 6.99. The monoisotopic (exact) mass is 436 g/mol. The molecule has 3 aromatic heterocycles. The number of halogens is 1. The van der Waals surface area contributed by atoms with Crippen LogP contribution < -0.4 is 22.3 Å². The van der Waals surface area contributed by atoms with Gasteiger partial charge in [-0.25, -0.2) is 4.98 Å². The molecule has 0 unspecified atom stereocenters. The van der Waals surface area contributed by atoms with Gasteiger partial charge in [-0.1, -0.05) is 24.6 Å². The van der Waals surface area contributed by atoms with Crippen LogP contribution in [0.2, 0.25) is 5.02 Å². The number of para-hydroxylation sites is 1. The minimum atomic E-state index is -0.537. The zero-order chi connectivity index (χ0) is 22.1. The highest BCUT2D eigenvalue weighted by molar-refractivity contribution is 6.35. The van der Waals surface area contributed by atoms with Crippen LogP contribution in [0, 0.1) is 11.3 Å². The summed E-state index contributed by atoms with van der Waals surface area (Å²) in [6, 6.07) is 6.43. The van der Waals surface area contributed by atoms with Crippen LogP contribution in [-0.2, 0) is 0 Å². The first-order chi connectivity index (χ1) is 14.9. The van der Waals surface area contributed by atoms with Crippen LogP contribution in [0.25, 0.3) is 16.6 Å². The van der Waals surface area contributed by atoms with Crippen LogP contribution in [0.5, 0.6) is 0 Å².